The number of phenolic OH excluding ortho intramolecular Hbond substituents is 6. The summed E-state index contributed by atoms with van der Waals surface area (Å²) >= 11 is 0. The SMILES string of the molecule is O=S(=O)(O)c1cc(O)c2c(O)c(N=Nc3ccc(N=Nc4c(S(=O)(=O)O)cc5cc(Nc6ccc7c(O)c(N=Nc8ccc(N=Nc9c(S(=O)(=O)O)cc%10cc(S(=O)(=O)O)cc(O)c%10c9O)cc8)c(S(=O)(=O)O)cc7c6)ccc5c4O)cc3)c(S(=O)(=O)O)cc2c1. The third kappa shape index (κ3) is 13.1. The Morgan fingerprint density at radius 1 is 0.275 bits per heavy atom. The Kier molecular flexibility index (Phi) is 16.1. The summed E-state index contributed by atoms with van der Waals surface area (Å²) in [5.41, 5.74) is -3.00. The van der Waals surface area contributed by atoms with E-state index in [1.54, 1.807) is 0 Å². The highest BCUT2D eigenvalue weighted by Gasteiger charge is 2.29. The molecule has 468 valence electrons. The van der Waals surface area contributed by atoms with Crippen LogP contribution >= 0.6 is 0 Å². The van der Waals surface area contributed by atoms with E-state index in [1.807, 2.05) is 0 Å². The van der Waals surface area contributed by atoms with E-state index in [0.29, 0.717) is 36.4 Å². The van der Waals surface area contributed by atoms with Crippen molar-refractivity contribution in [2.24, 2.45) is 40.9 Å². The summed E-state index contributed by atoms with van der Waals surface area (Å²) in [7, 11) is -30.6. The second kappa shape index (κ2) is 22.9. The normalized spacial score (nSPS) is 13.1. The molecule has 0 amide bonds. The molecule has 0 spiro atoms. The second-order valence-corrected chi connectivity index (χ2v) is 27.5. The van der Waals surface area contributed by atoms with Gasteiger partial charge in [0.2, 0.25) is 0 Å². The molecule has 0 bridgehead atoms. The van der Waals surface area contributed by atoms with Gasteiger partial charge in [-0.2, -0.15) is 71.0 Å². The molecule has 0 aliphatic carbocycles. The van der Waals surface area contributed by atoms with Crippen LogP contribution in [0.15, 0.2) is 204 Å². The van der Waals surface area contributed by atoms with Crippen molar-refractivity contribution in [1.82, 2.24) is 0 Å². The number of hydrogen-bond donors (Lipinski definition) is 13. The Hall–Kier alpha value is -10.3. The molecule has 0 aliphatic heterocycles. The van der Waals surface area contributed by atoms with E-state index in [1.165, 1.54) is 84.9 Å². The smallest absolute Gasteiger partial charge is 0.296 e. The first kappa shape index (κ1) is 63.7. The lowest BCUT2D eigenvalue weighted by Gasteiger charge is -2.13. The quantitative estimate of drug-likeness (QED) is 0.0316. The van der Waals surface area contributed by atoms with Gasteiger partial charge in [0.25, 0.3) is 60.7 Å². The maximum absolute atomic E-state index is 12.7. The van der Waals surface area contributed by atoms with Crippen LogP contribution in [0, 0.1) is 0 Å². The van der Waals surface area contributed by atoms with E-state index in [2.05, 4.69) is 46.2 Å². The number of hydrogen-bond acceptors (Lipinski definition) is 27. The summed E-state index contributed by atoms with van der Waals surface area (Å²) in [5.74, 6) is -5.52. The molecule has 10 rings (SSSR count). The zero-order valence-electron chi connectivity index (χ0n) is 44.5. The number of rotatable bonds is 16. The molecule has 0 saturated heterocycles. The van der Waals surface area contributed by atoms with E-state index >= 15 is 0 Å². The first-order valence-electron chi connectivity index (χ1n) is 24.5. The Balaban J connectivity index is 0.878. The Labute approximate surface area is 509 Å². The van der Waals surface area contributed by atoms with Crippen molar-refractivity contribution in [3.63, 3.8) is 0 Å². The van der Waals surface area contributed by atoms with Gasteiger partial charge < -0.3 is 36.0 Å². The van der Waals surface area contributed by atoms with Crippen LogP contribution in [-0.4, -0.2) is 108 Å². The van der Waals surface area contributed by atoms with Gasteiger partial charge in [0, 0.05) is 34.3 Å². The van der Waals surface area contributed by atoms with Crippen molar-refractivity contribution >= 4 is 161 Å². The fourth-order valence-corrected chi connectivity index (χ4v) is 12.7. The molecule has 0 fully saturated rings. The summed E-state index contributed by atoms with van der Waals surface area (Å²) in [6.45, 7) is 0. The van der Waals surface area contributed by atoms with E-state index in [4.69, 9.17) is 0 Å². The van der Waals surface area contributed by atoms with E-state index in [0.717, 1.165) is 12.1 Å². The molecule has 0 aliphatic rings. The lowest BCUT2D eigenvalue weighted by molar-refractivity contribution is 0.457. The van der Waals surface area contributed by atoms with Gasteiger partial charge in [-0.1, -0.05) is 0 Å². The van der Waals surface area contributed by atoms with Gasteiger partial charge >= 0.3 is 0 Å². The molecule has 0 unspecified atom stereocenters. The molecule has 0 radical (unpaired) electrons. The largest absolute Gasteiger partial charge is 0.507 e. The number of anilines is 2. The van der Waals surface area contributed by atoms with E-state index < -0.39 is 169 Å². The van der Waals surface area contributed by atoms with Crippen LogP contribution in [0.3, 0.4) is 0 Å². The van der Waals surface area contributed by atoms with E-state index in [-0.39, 0.29) is 55.7 Å². The average molecular weight is 1360 g/mol. The molecule has 39 heteroatoms. The summed E-state index contributed by atoms with van der Waals surface area (Å²) in [4.78, 5) is -5.72. The van der Waals surface area contributed by atoms with Crippen molar-refractivity contribution in [3.05, 3.63) is 133 Å². The van der Waals surface area contributed by atoms with Crippen LogP contribution in [0.1, 0.15) is 0 Å². The van der Waals surface area contributed by atoms with Gasteiger partial charge in [0.15, 0.2) is 23.0 Å². The lowest BCUT2D eigenvalue weighted by Crippen LogP contribution is -2.01. The highest BCUT2D eigenvalue weighted by Crippen LogP contribution is 2.49. The topological polar surface area (TPSA) is 559 Å². The molecule has 10 aromatic rings. The minimum atomic E-state index is -5.22. The number of azo groups is 4. The predicted molar refractivity (Wildman–Crippen MR) is 318 cm³/mol. The van der Waals surface area contributed by atoms with Crippen LogP contribution in [0.25, 0.3) is 43.1 Å². The Morgan fingerprint density at radius 2 is 0.538 bits per heavy atom. The molecule has 0 aromatic heterocycles. The molecule has 0 saturated carbocycles. The number of fused-ring (bicyclic) bond motifs is 4. The number of aromatic hydroxyl groups is 6. The van der Waals surface area contributed by atoms with Crippen LogP contribution in [0.5, 0.6) is 34.5 Å². The van der Waals surface area contributed by atoms with Gasteiger partial charge in [0.1, 0.15) is 53.8 Å². The highest BCUT2D eigenvalue weighted by molar-refractivity contribution is 7.87. The van der Waals surface area contributed by atoms with Crippen LogP contribution in [0.2, 0.25) is 0 Å². The first-order chi connectivity index (χ1) is 42.3. The monoisotopic (exact) mass is 1360 g/mol. The van der Waals surface area contributed by atoms with Gasteiger partial charge in [-0.3, -0.25) is 27.3 Å². The van der Waals surface area contributed by atoms with Crippen molar-refractivity contribution in [2.45, 2.75) is 29.4 Å². The Morgan fingerprint density at radius 3 is 0.802 bits per heavy atom. The van der Waals surface area contributed by atoms with Crippen molar-refractivity contribution in [1.29, 1.82) is 0 Å². The molecule has 91 heavy (non-hydrogen) atoms. The summed E-state index contributed by atoms with van der Waals surface area (Å²) in [6, 6.07) is 23.8. The van der Waals surface area contributed by atoms with Crippen molar-refractivity contribution in [2.75, 3.05) is 5.32 Å². The number of benzene rings is 10. The van der Waals surface area contributed by atoms with Crippen molar-refractivity contribution in [3.8, 4) is 34.5 Å². The van der Waals surface area contributed by atoms with Gasteiger partial charge in [-0.15, -0.1) is 20.5 Å². The maximum Gasteiger partial charge on any atom is 0.296 e. The van der Waals surface area contributed by atoms with Crippen LogP contribution < -0.4 is 5.32 Å². The molecule has 0 atom stereocenters. The molecule has 0 heterocycles. The first-order valence-corrected chi connectivity index (χ1v) is 33.1. The number of nitrogens with one attached hydrogen (secondary N) is 1. The standard InChI is InChI=1S/C52H35N9O24S6/c62-37-21-33(86(68,69)70)15-25-19-41(90(80,81)82)47(51(66)43(25)37)60-56-29-5-1-27(2-6-29)54-58-45-39(88(74,75)76)17-23-13-31(9-11-35(23)49(45)64)53-32-10-12-36-24(14-32)18-40(89(77,78)79)46(50(36)65)59-55-28-3-7-30(8-4-28)57-61-48-42(91(83,84)85)20-26-16-34(87(71,72)73)22-38(63)44(26)52(48)67/h1-22,53,62-67H,(H,68,69,70)(H,71,72,73)(H,74,75,76)(H,77,78,79)(H,80,81,82)(H,83,84,85). The average Bonchev–Trinajstić information content (AvgIpc) is 0.789. The third-order valence-electron chi connectivity index (χ3n) is 13.1. The maximum atomic E-state index is 12.7. The lowest BCUT2D eigenvalue weighted by atomic mass is 10.1. The number of phenols is 6. The fraction of sp³-hybridized carbons (Fsp3) is 0. The molecular formula is C52H35N9O24S6. The summed E-state index contributed by atoms with van der Waals surface area (Å²) in [5, 5.41) is 97.1. The zero-order valence-corrected chi connectivity index (χ0v) is 49.4. The minimum Gasteiger partial charge on any atom is -0.507 e. The number of nitrogens with zero attached hydrogens (tertiary/aromatic N) is 8. The predicted octanol–water partition coefficient (Wildman–Crippen LogP) is 11.4. The second-order valence-electron chi connectivity index (χ2n) is 19.0. The van der Waals surface area contributed by atoms with Gasteiger partial charge in [-0.25, -0.2) is 0 Å². The van der Waals surface area contributed by atoms with Crippen LogP contribution in [-0.2, 0) is 60.7 Å². The molecule has 33 nitrogen and oxygen atoms in total. The van der Waals surface area contributed by atoms with Gasteiger partial charge in [0.05, 0.1) is 43.3 Å². The van der Waals surface area contributed by atoms with E-state index in [9.17, 15) is 108 Å². The third-order valence-corrected chi connectivity index (χ3v) is 18.2. The zero-order chi connectivity index (χ0) is 66.2. The minimum absolute atomic E-state index is 0.0115. The molecule has 10 aromatic carbocycles. The fourth-order valence-electron chi connectivity index (χ4n) is 8.98. The Bertz CT molecular complexity index is 5330. The summed E-state index contributed by atoms with van der Waals surface area (Å²) in [6.07, 6.45) is 0. The molecular weight excluding hydrogens is 1330 g/mol. The van der Waals surface area contributed by atoms with Crippen LogP contribution in [0.4, 0.5) is 56.9 Å². The van der Waals surface area contributed by atoms with Crippen molar-refractivity contribution < 1.29 is 108 Å². The summed E-state index contributed by atoms with van der Waals surface area (Å²) < 4.78 is 206. The van der Waals surface area contributed by atoms with Gasteiger partial charge in [-0.05, 0) is 143 Å². The highest BCUT2D eigenvalue weighted by atomic mass is 32.2. The molecule has 13 N–H and O–H groups in total.